The van der Waals surface area contributed by atoms with Crippen LogP contribution >= 0.6 is 0 Å². The molecule has 0 spiro atoms. The Morgan fingerprint density at radius 1 is 1.35 bits per heavy atom. The summed E-state index contributed by atoms with van der Waals surface area (Å²) in [5.74, 6) is -0.985. The maximum atomic E-state index is 11.3. The second-order valence-corrected chi connectivity index (χ2v) is 4.92. The lowest BCUT2D eigenvalue weighted by atomic mass is 10.1. The van der Waals surface area contributed by atoms with Gasteiger partial charge in [-0.05, 0) is 18.9 Å². The molecule has 23 heavy (non-hydrogen) atoms. The maximum Gasteiger partial charge on any atom is 0.320 e. The molecule has 0 radical (unpaired) electrons. The molecular weight excluding hydrogens is 300 g/mol. The van der Waals surface area contributed by atoms with E-state index in [1.807, 2.05) is 0 Å². The van der Waals surface area contributed by atoms with Crippen LogP contribution < -0.4 is 21.5 Å². The van der Waals surface area contributed by atoms with Gasteiger partial charge >= 0.3 is 11.9 Å². The second kappa shape index (κ2) is 9.42. The van der Waals surface area contributed by atoms with Crippen molar-refractivity contribution in [3.8, 4) is 5.75 Å². The van der Waals surface area contributed by atoms with Gasteiger partial charge in [-0.3, -0.25) is 14.6 Å². The summed E-state index contributed by atoms with van der Waals surface area (Å²) >= 11 is 0. The number of carbonyl (C=O) groups excluding carboxylic acids is 1. The molecule has 0 aliphatic carbocycles. The summed E-state index contributed by atoms with van der Waals surface area (Å²) in [5.41, 5.74) is 11.1. The number of hydrogen-bond acceptors (Lipinski definition) is 5. The van der Waals surface area contributed by atoms with E-state index < -0.39 is 18.0 Å². The van der Waals surface area contributed by atoms with Gasteiger partial charge in [0.1, 0.15) is 11.8 Å². The Kier molecular flexibility index (Phi) is 7.55. The maximum absolute atomic E-state index is 11.3. The van der Waals surface area contributed by atoms with Crippen molar-refractivity contribution in [3.63, 3.8) is 0 Å². The molecule has 0 fully saturated rings. The number of nitrogens with two attached hydrogens (primary N) is 2. The monoisotopic (exact) mass is 322 g/mol. The molecule has 0 bridgehead atoms. The average molecular weight is 322 g/mol. The van der Waals surface area contributed by atoms with Gasteiger partial charge < -0.3 is 26.6 Å². The van der Waals surface area contributed by atoms with Crippen molar-refractivity contribution in [1.29, 1.82) is 0 Å². The number of esters is 1. The number of rotatable bonds is 9. The van der Waals surface area contributed by atoms with E-state index in [2.05, 4.69) is 10.3 Å². The highest BCUT2D eigenvalue weighted by atomic mass is 16.5. The number of carboxylic acid groups (broad SMARTS) is 1. The molecule has 6 N–H and O–H groups in total. The Morgan fingerprint density at radius 3 is 2.65 bits per heavy atom. The SMILES string of the molecule is CC(=O)Oc1ccccc1CN[C@@H](CCCN=C(N)N)C(=O)O. The number of ether oxygens (including phenoxy) is 1. The Labute approximate surface area is 134 Å². The summed E-state index contributed by atoms with van der Waals surface area (Å²) < 4.78 is 5.09. The molecule has 0 unspecified atom stereocenters. The Bertz CT molecular complexity index is 570. The van der Waals surface area contributed by atoms with Gasteiger partial charge in [-0.1, -0.05) is 18.2 Å². The van der Waals surface area contributed by atoms with Gasteiger partial charge in [0.05, 0.1) is 0 Å². The van der Waals surface area contributed by atoms with Crippen LogP contribution in [0.15, 0.2) is 29.3 Å². The molecular formula is C15H22N4O4. The van der Waals surface area contributed by atoms with Crippen molar-refractivity contribution < 1.29 is 19.4 Å². The van der Waals surface area contributed by atoms with Crippen molar-refractivity contribution >= 4 is 17.9 Å². The van der Waals surface area contributed by atoms with Crippen LogP contribution in [0.25, 0.3) is 0 Å². The highest BCUT2D eigenvalue weighted by Crippen LogP contribution is 2.18. The number of benzene rings is 1. The zero-order chi connectivity index (χ0) is 17.2. The molecule has 8 nitrogen and oxygen atoms in total. The van der Waals surface area contributed by atoms with Crippen molar-refractivity contribution in [1.82, 2.24) is 5.32 Å². The number of carbonyl (C=O) groups is 2. The molecule has 0 aromatic heterocycles. The van der Waals surface area contributed by atoms with Gasteiger partial charge in [0.15, 0.2) is 5.96 Å². The van der Waals surface area contributed by atoms with Crippen molar-refractivity contribution in [3.05, 3.63) is 29.8 Å². The van der Waals surface area contributed by atoms with Crippen molar-refractivity contribution in [2.45, 2.75) is 32.4 Å². The number of carboxylic acids is 1. The van der Waals surface area contributed by atoms with Gasteiger partial charge in [-0.15, -0.1) is 0 Å². The molecule has 1 aromatic rings. The zero-order valence-corrected chi connectivity index (χ0v) is 13.0. The van der Waals surface area contributed by atoms with Crippen LogP contribution in [0.3, 0.4) is 0 Å². The summed E-state index contributed by atoms with van der Waals surface area (Å²) in [6, 6.07) is 6.22. The molecule has 8 heteroatoms. The predicted molar refractivity (Wildman–Crippen MR) is 85.9 cm³/mol. The van der Waals surface area contributed by atoms with E-state index in [0.717, 1.165) is 0 Å². The molecule has 1 aromatic carbocycles. The summed E-state index contributed by atoms with van der Waals surface area (Å²) in [7, 11) is 0. The third-order valence-corrected chi connectivity index (χ3v) is 3.01. The molecule has 0 aliphatic rings. The third kappa shape index (κ3) is 7.28. The van der Waals surface area contributed by atoms with Crippen LogP contribution in [0.2, 0.25) is 0 Å². The predicted octanol–water partition coefficient (Wildman–Crippen LogP) is 0.208. The largest absolute Gasteiger partial charge is 0.480 e. The topological polar surface area (TPSA) is 140 Å². The standard InChI is InChI=1S/C15H22N4O4/c1-10(20)23-13-7-3-2-5-11(13)9-19-12(14(21)22)6-4-8-18-15(16)17/h2-3,5,7,12,19H,4,6,8-9H2,1H3,(H,21,22)(H4,16,17,18)/t12-/m0/s1. The van der Waals surface area contributed by atoms with E-state index in [4.69, 9.17) is 16.2 Å². The van der Waals surface area contributed by atoms with Gasteiger partial charge in [0, 0.05) is 25.6 Å². The van der Waals surface area contributed by atoms with Crippen molar-refractivity contribution in [2.24, 2.45) is 16.5 Å². The van der Waals surface area contributed by atoms with E-state index in [-0.39, 0.29) is 12.5 Å². The van der Waals surface area contributed by atoms with E-state index in [9.17, 15) is 14.7 Å². The molecule has 0 heterocycles. The first-order chi connectivity index (χ1) is 10.9. The second-order valence-electron chi connectivity index (χ2n) is 4.92. The number of guanidine groups is 1. The van der Waals surface area contributed by atoms with Crippen LogP contribution in [-0.2, 0) is 16.1 Å². The van der Waals surface area contributed by atoms with E-state index >= 15 is 0 Å². The smallest absolute Gasteiger partial charge is 0.320 e. The number of aliphatic imine (C=N–C) groups is 1. The van der Waals surface area contributed by atoms with Gasteiger partial charge in [-0.2, -0.15) is 0 Å². The molecule has 1 atom stereocenters. The Morgan fingerprint density at radius 2 is 2.04 bits per heavy atom. The molecule has 0 saturated heterocycles. The quantitative estimate of drug-likeness (QED) is 0.167. The highest BCUT2D eigenvalue weighted by Gasteiger charge is 2.17. The lowest BCUT2D eigenvalue weighted by Gasteiger charge is -2.15. The number of hydrogen-bond donors (Lipinski definition) is 4. The summed E-state index contributed by atoms with van der Waals surface area (Å²) in [6.45, 7) is 1.95. The van der Waals surface area contributed by atoms with Gasteiger partial charge in [0.2, 0.25) is 0 Å². The third-order valence-electron chi connectivity index (χ3n) is 3.01. The first-order valence-electron chi connectivity index (χ1n) is 7.18. The van der Waals surface area contributed by atoms with E-state index in [1.54, 1.807) is 24.3 Å². The fourth-order valence-electron chi connectivity index (χ4n) is 1.95. The minimum atomic E-state index is -0.959. The van der Waals surface area contributed by atoms with Gasteiger partial charge in [-0.25, -0.2) is 0 Å². The highest BCUT2D eigenvalue weighted by molar-refractivity contribution is 5.75. The minimum absolute atomic E-state index is 0.0138. The summed E-state index contributed by atoms with van der Waals surface area (Å²) in [4.78, 5) is 26.2. The summed E-state index contributed by atoms with van der Waals surface area (Å²) in [5, 5.41) is 12.2. The fourth-order valence-corrected chi connectivity index (χ4v) is 1.95. The summed E-state index contributed by atoms with van der Waals surface area (Å²) in [6.07, 6.45) is 0.912. The molecule has 0 aliphatic heterocycles. The first kappa shape index (κ1) is 18.4. The minimum Gasteiger partial charge on any atom is -0.480 e. The zero-order valence-electron chi connectivity index (χ0n) is 13.0. The lowest BCUT2D eigenvalue weighted by molar-refractivity contribution is -0.139. The van der Waals surface area contributed by atoms with Crippen molar-refractivity contribution in [2.75, 3.05) is 6.54 Å². The Balaban J connectivity index is 2.60. The fraction of sp³-hybridized carbons (Fsp3) is 0.400. The van der Waals surface area contributed by atoms with Crippen LogP contribution in [0.1, 0.15) is 25.3 Å². The molecule has 1 rings (SSSR count). The van der Waals surface area contributed by atoms with Crippen LogP contribution in [0, 0.1) is 0 Å². The lowest BCUT2D eigenvalue weighted by Crippen LogP contribution is -2.36. The van der Waals surface area contributed by atoms with Crippen LogP contribution in [0.4, 0.5) is 0 Å². The number of nitrogens with one attached hydrogen (secondary N) is 1. The normalized spacial score (nSPS) is 11.5. The number of para-hydroxylation sites is 1. The van der Waals surface area contributed by atoms with E-state index in [0.29, 0.717) is 30.7 Å². The average Bonchev–Trinajstić information content (AvgIpc) is 2.46. The number of aliphatic carboxylic acids is 1. The van der Waals surface area contributed by atoms with Crippen LogP contribution in [-0.4, -0.2) is 35.6 Å². The van der Waals surface area contributed by atoms with E-state index in [1.165, 1.54) is 6.92 Å². The van der Waals surface area contributed by atoms with Gasteiger partial charge in [0.25, 0.3) is 0 Å². The number of nitrogens with zero attached hydrogens (tertiary/aromatic N) is 1. The Hall–Kier alpha value is -2.61. The molecule has 126 valence electrons. The van der Waals surface area contributed by atoms with Crippen LogP contribution in [0.5, 0.6) is 5.75 Å². The first-order valence-corrected chi connectivity index (χ1v) is 7.18. The molecule has 0 amide bonds. The molecule has 0 saturated carbocycles.